The van der Waals surface area contributed by atoms with E-state index >= 15 is 0 Å². The van der Waals surface area contributed by atoms with Crippen molar-refractivity contribution < 1.29 is 32.9 Å². The Morgan fingerprint density at radius 3 is 2.71 bits per heavy atom. The van der Waals surface area contributed by atoms with Gasteiger partial charge in [0.15, 0.2) is 11.5 Å². The SMILES string of the molecule is COc1cc2c(Oc3ccc(NC(=O)Nc4cc(C)ccc4F)c(Cl)c3)ncnc2cc1OCCCOC1CCOC1. The second-order valence-corrected chi connectivity index (χ2v) is 9.97. The number of amides is 2. The van der Waals surface area contributed by atoms with Gasteiger partial charge in [-0.25, -0.2) is 19.2 Å². The molecule has 0 radical (unpaired) electrons. The molecule has 1 atom stereocenters. The number of fused-ring (bicyclic) bond motifs is 1. The summed E-state index contributed by atoms with van der Waals surface area (Å²) in [7, 11) is 1.55. The number of aryl methyl sites for hydroxylation is 1. The summed E-state index contributed by atoms with van der Waals surface area (Å²) in [6, 6.07) is 12.0. The second-order valence-electron chi connectivity index (χ2n) is 9.56. The Hall–Kier alpha value is -4.19. The van der Waals surface area contributed by atoms with E-state index in [0.29, 0.717) is 60.1 Å². The molecule has 2 heterocycles. The number of rotatable bonds is 11. The summed E-state index contributed by atoms with van der Waals surface area (Å²) >= 11 is 6.41. The number of aromatic nitrogens is 2. The van der Waals surface area contributed by atoms with Crippen LogP contribution in [0.4, 0.5) is 20.6 Å². The Morgan fingerprint density at radius 2 is 1.93 bits per heavy atom. The highest BCUT2D eigenvalue weighted by atomic mass is 35.5. The third-order valence-corrected chi connectivity index (χ3v) is 6.76. The van der Waals surface area contributed by atoms with Gasteiger partial charge in [-0.1, -0.05) is 17.7 Å². The fourth-order valence-electron chi connectivity index (χ4n) is 4.31. The zero-order valence-electron chi connectivity index (χ0n) is 23.1. The second kappa shape index (κ2) is 13.6. The molecule has 0 aliphatic carbocycles. The van der Waals surface area contributed by atoms with E-state index in [2.05, 4.69) is 20.6 Å². The van der Waals surface area contributed by atoms with E-state index in [9.17, 15) is 9.18 Å². The Bertz CT molecular complexity index is 1570. The van der Waals surface area contributed by atoms with Crippen LogP contribution in [0.15, 0.2) is 54.9 Å². The molecular weight excluding hydrogens is 567 g/mol. The van der Waals surface area contributed by atoms with Crippen LogP contribution in [0, 0.1) is 12.7 Å². The number of carbonyl (C=O) groups is 1. The van der Waals surface area contributed by atoms with Gasteiger partial charge in [-0.15, -0.1) is 0 Å². The summed E-state index contributed by atoms with van der Waals surface area (Å²) in [5.41, 5.74) is 1.78. The number of urea groups is 1. The molecule has 5 rings (SSSR count). The van der Waals surface area contributed by atoms with Crippen LogP contribution in [0.25, 0.3) is 10.9 Å². The van der Waals surface area contributed by atoms with Crippen LogP contribution >= 0.6 is 11.6 Å². The van der Waals surface area contributed by atoms with Crippen LogP contribution < -0.4 is 24.8 Å². The summed E-state index contributed by atoms with van der Waals surface area (Å²) in [6.45, 7) is 4.21. The number of anilines is 2. The normalized spacial score (nSPS) is 14.5. The van der Waals surface area contributed by atoms with Crippen molar-refractivity contribution in [2.24, 2.45) is 0 Å². The molecule has 1 aliphatic rings. The van der Waals surface area contributed by atoms with Gasteiger partial charge in [0, 0.05) is 25.2 Å². The van der Waals surface area contributed by atoms with E-state index in [-0.39, 0.29) is 22.7 Å². The maximum Gasteiger partial charge on any atom is 0.323 e. The van der Waals surface area contributed by atoms with Gasteiger partial charge in [-0.3, -0.25) is 0 Å². The van der Waals surface area contributed by atoms with Gasteiger partial charge in [0.1, 0.15) is 17.9 Å². The van der Waals surface area contributed by atoms with Gasteiger partial charge >= 0.3 is 6.03 Å². The van der Waals surface area contributed by atoms with Crippen molar-refractivity contribution in [3.8, 4) is 23.1 Å². The lowest BCUT2D eigenvalue weighted by Crippen LogP contribution is -2.20. The lowest BCUT2D eigenvalue weighted by atomic mass is 10.2. The molecule has 0 spiro atoms. The van der Waals surface area contributed by atoms with E-state index < -0.39 is 11.8 Å². The van der Waals surface area contributed by atoms with Crippen LogP contribution in [0.2, 0.25) is 5.02 Å². The van der Waals surface area contributed by atoms with Crippen molar-refractivity contribution in [1.29, 1.82) is 0 Å². The van der Waals surface area contributed by atoms with Crippen molar-refractivity contribution in [1.82, 2.24) is 9.97 Å². The zero-order valence-corrected chi connectivity index (χ0v) is 23.9. The molecule has 220 valence electrons. The number of nitrogens with zero attached hydrogens (tertiary/aromatic N) is 2. The summed E-state index contributed by atoms with van der Waals surface area (Å²) in [5.74, 6) is 1.16. The lowest BCUT2D eigenvalue weighted by Gasteiger charge is -2.14. The number of carbonyl (C=O) groups excluding carboxylic acids is 1. The van der Waals surface area contributed by atoms with Crippen LogP contribution in [0.3, 0.4) is 0 Å². The Balaban J connectivity index is 1.23. The molecule has 0 bridgehead atoms. The van der Waals surface area contributed by atoms with Crippen molar-refractivity contribution >= 4 is 39.9 Å². The minimum Gasteiger partial charge on any atom is -0.493 e. The van der Waals surface area contributed by atoms with Crippen molar-refractivity contribution in [3.05, 3.63) is 71.3 Å². The molecule has 1 aromatic heterocycles. The number of benzene rings is 3. The summed E-state index contributed by atoms with van der Waals surface area (Å²) in [5, 5.41) is 5.91. The third-order valence-electron chi connectivity index (χ3n) is 6.45. The quantitative estimate of drug-likeness (QED) is 0.183. The van der Waals surface area contributed by atoms with E-state index in [0.717, 1.165) is 18.6 Å². The van der Waals surface area contributed by atoms with Crippen LogP contribution in [-0.4, -0.2) is 55.6 Å². The average molecular weight is 597 g/mol. The fourth-order valence-corrected chi connectivity index (χ4v) is 4.53. The smallest absolute Gasteiger partial charge is 0.323 e. The Kier molecular flexibility index (Phi) is 9.52. The number of methoxy groups -OCH3 is 1. The van der Waals surface area contributed by atoms with Crippen LogP contribution in [0.5, 0.6) is 23.1 Å². The van der Waals surface area contributed by atoms with E-state index in [1.54, 1.807) is 44.4 Å². The molecule has 2 N–H and O–H groups in total. The number of halogens is 2. The largest absolute Gasteiger partial charge is 0.493 e. The zero-order chi connectivity index (χ0) is 29.5. The lowest BCUT2D eigenvalue weighted by molar-refractivity contribution is 0.0365. The molecule has 1 saturated heterocycles. The number of ether oxygens (including phenoxy) is 5. The van der Waals surface area contributed by atoms with E-state index in [4.69, 9.17) is 35.3 Å². The summed E-state index contributed by atoms with van der Waals surface area (Å²) in [4.78, 5) is 21.1. The van der Waals surface area contributed by atoms with Crippen LogP contribution in [0.1, 0.15) is 18.4 Å². The van der Waals surface area contributed by atoms with E-state index in [1.807, 2.05) is 0 Å². The molecular formula is C30H30ClFN4O6. The van der Waals surface area contributed by atoms with E-state index in [1.165, 1.54) is 24.5 Å². The molecule has 3 aromatic carbocycles. The maximum atomic E-state index is 14.0. The monoisotopic (exact) mass is 596 g/mol. The molecule has 42 heavy (non-hydrogen) atoms. The first-order valence-electron chi connectivity index (χ1n) is 13.4. The highest BCUT2D eigenvalue weighted by Crippen LogP contribution is 2.37. The van der Waals surface area contributed by atoms with Gasteiger partial charge in [0.25, 0.3) is 0 Å². The molecule has 1 aliphatic heterocycles. The first-order chi connectivity index (χ1) is 20.4. The number of hydrogen-bond donors (Lipinski definition) is 2. The molecule has 4 aromatic rings. The predicted molar refractivity (Wildman–Crippen MR) is 157 cm³/mol. The minimum atomic E-state index is -0.641. The average Bonchev–Trinajstić information content (AvgIpc) is 3.50. The summed E-state index contributed by atoms with van der Waals surface area (Å²) < 4.78 is 42.6. The minimum absolute atomic E-state index is 0.0621. The van der Waals surface area contributed by atoms with Gasteiger partial charge < -0.3 is 34.3 Å². The molecule has 12 heteroatoms. The first kappa shape index (κ1) is 29.3. The fraction of sp³-hybridized carbons (Fsp3) is 0.300. The third kappa shape index (κ3) is 7.35. The molecule has 1 unspecified atom stereocenters. The highest BCUT2D eigenvalue weighted by molar-refractivity contribution is 6.34. The summed E-state index contributed by atoms with van der Waals surface area (Å²) in [6.07, 6.45) is 3.18. The van der Waals surface area contributed by atoms with Crippen LogP contribution in [-0.2, 0) is 9.47 Å². The topological polar surface area (TPSA) is 113 Å². The predicted octanol–water partition coefficient (Wildman–Crippen LogP) is 6.75. The van der Waals surface area contributed by atoms with Crippen molar-refractivity contribution in [2.75, 3.05) is 44.2 Å². The van der Waals surface area contributed by atoms with Gasteiger partial charge in [-0.05, 0) is 49.2 Å². The highest BCUT2D eigenvalue weighted by Gasteiger charge is 2.17. The van der Waals surface area contributed by atoms with Crippen molar-refractivity contribution in [3.63, 3.8) is 0 Å². The Labute approximate surface area is 247 Å². The van der Waals surface area contributed by atoms with Gasteiger partial charge in [-0.2, -0.15) is 0 Å². The molecule has 0 saturated carbocycles. The molecule has 1 fully saturated rings. The maximum absolute atomic E-state index is 14.0. The van der Waals surface area contributed by atoms with Gasteiger partial charge in [0.2, 0.25) is 5.88 Å². The standard InChI is InChI=1S/C30H30ClFN4O6/c1-18-4-6-23(32)26(12-18)36-30(37)35-24-7-5-19(13-22(24)31)42-29-21-14-27(38-2)28(15-25(21)33-17-34-29)41-10-3-9-40-20-8-11-39-16-20/h4-7,12-15,17,20H,3,8-11,16H2,1-2H3,(H2,35,36,37). The molecule has 2 amide bonds. The molecule has 10 nitrogen and oxygen atoms in total. The van der Waals surface area contributed by atoms with Gasteiger partial charge in [0.05, 0.1) is 60.3 Å². The first-order valence-corrected chi connectivity index (χ1v) is 13.7. The Morgan fingerprint density at radius 1 is 1.07 bits per heavy atom. The van der Waals surface area contributed by atoms with Crippen molar-refractivity contribution in [2.45, 2.75) is 25.9 Å². The number of nitrogens with one attached hydrogen (secondary N) is 2. The number of hydrogen-bond acceptors (Lipinski definition) is 8.